The number of nitrogens with one attached hydrogen (secondary N) is 1. The molecule has 2 aromatic carbocycles. The minimum atomic E-state index is -4.84. The van der Waals surface area contributed by atoms with Crippen LogP contribution in [0.3, 0.4) is 0 Å². The maximum absolute atomic E-state index is 16.5. The number of carbonyl (C=O) groups is 2. The summed E-state index contributed by atoms with van der Waals surface area (Å²) in [6.45, 7) is 8.57. The molecule has 1 unspecified atom stereocenters. The third kappa shape index (κ3) is 8.89. The predicted molar refractivity (Wildman–Crippen MR) is 173 cm³/mol. The minimum absolute atomic E-state index is 0.0485. The van der Waals surface area contributed by atoms with Crippen molar-refractivity contribution in [2.24, 2.45) is 5.92 Å². The molecule has 0 radical (unpaired) electrons. The lowest BCUT2D eigenvalue weighted by Gasteiger charge is -2.27. The first-order valence-corrected chi connectivity index (χ1v) is 15.4. The van der Waals surface area contributed by atoms with Gasteiger partial charge in [-0.2, -0.15) is 13.2 Å². The first-order chi connectivity index (χ1) is 22.4. The summed E-state index contributed by atoms with van der Waals surface area (Å²) in [5.74, 6) is 0.137. The van der Waals surface area contributed by atoms with Crippen LogP contribution in [0.4, 0.5) is 22.0 Å². The molecule has 0 fully saturated rings. The largest absolute Gasteiger partial charge is 0.481 e. The summed E-state index contributed by atoms with van der Waals surface area (Å²) in [6.07, 6.45) is -4.94. The Hall–Kier alpha value is -4.50. The molecule has 48 heavy (non-hydrogen) atoms. The number of rotatable bonds is 12. The van der Waals surface area contributed by atoms with Crippen LogP contribution in [0.25, 0.3) is 11.1 Å². The highest BCUT2D eigenvalue weighted by Gasteiger charge is 2.36. The maximum Gasteiger partial charge on any atom is 0.416 e. The number of aryl methyl sites for hydroxylation is 2. The fourth-order valence-electron chi connectivity index (χ4n) is 5.71. The van der Waals surface area contributed by atoms with Crippen molar-refractivity contribution in [2.75, 3.05) is 20.6 Å². The monoisotopic (exact) mass is 673 g/mol. The normalized spacial score (nSPS) is 12.9. The quantitative estimate of drug-likeness (QED) is 0.163. The Morgan fingerprint density at radius 1 is 1.06 bits per heavy atom. The van der Waals surface area contributed by atoms with Gasteiger partial charge in [0.05, 0.1) is 23.6 Å². The Morgan fingerprint density at radius 3 is 2.21 bits per heavy atom. The van der Waals surface area contributed by atoms with Crippen molar-refractivity contribution < 1.29 is 36.6 Å². The third-order valence-electron chi connectivity index (χ3n) is 7.92. The summed E-state index contributed by atoms with van der Waals surface area (Å²) >= 11 is 0. The third-order valence-corrected chi connectivity index (χ3v) is 7.92. The molecule has 1 heterocycles. The lowest BCUT2D eigenvalue weighted by molar-refractivity contribution is -0.139. The highest BCUT2D eigenvalue weighted by molar-refractivity contribution is 5.82. The van der Waals surface area contributed by atoms with E-state index in [9.17, 15) is 32.7 Å². The van der Waals surface area contributed by atoms with Crippen molar-refractivity contribution in [1.82, 2.24) is 14.8 Å². The number of benzene rings is 2. The first-order valence-electron chi connectivity index (χ1n) is 15.4. The highest BCUT2D eigenvalue weighted by Crippen LogP contribution is 2.37. The van der Waals surface area contributed by atoms with Gasteiger partial charge in [0.1, 0.15) is 17.7 Å². The smallest absolute Gasteiger partial charge is 0.416 e. The molecule has 0 aliphatic rings. The van der Waals surface area contributed by atoms with Gasteiger partial charge in [0.25, 0.3) is 5.56 Å². The van der Waals surface area contributed by atoms with Crippen molar-refractivity contribution >= 4 is 11.9 Å². The molecule has 3 aromatic rings. The van der Waals surface area contributed by atoms with Gasteiger partial charge < -0.3 is 19.9 Å². The van der Waals surface area contributed by atoms with Crippen molar-refractivity contribution in [3.05, 3.63) is 91.9 Å². The molecule has 12 heteroatoms. The number of alkyl halides is 3. The van der Waals surface area contributed by atoms with Gasteiger partial charge in [0.2, 0.25) is 5.91 Å². The fraction of sp³-hybridized carbons (Fsp3) is 0.417. The van der Waals surface area contributed by atoms with Gasteiger partial charge >= 0.3 is 12.1 Å². The second-order valence-corrected chi connectivity index (χ2v) is 12.5. The second-order valence-electron chi connectivity index (χ2n) is 12.5. The zero-order chi connectivity index (χ0) is 36.1. The molecule has 0 aliphatic heterocycles. The van der Waals surface area contributed by atoms with E-state index in [1.807, 2.05) is 0 Å². The van der Waals surface area contributed by atoms with Crippen LogP contribution < -0.4 is 10.9 Å². The van der Waals surface area contributed by atoms with Crippen LogP contribution in [0.1, 0.15) is 79.1 Å². The SMILES string of the molecule is CC#Cc1cc(-c2c(C)cccc2C)c(F)c(C(CC(=O)O)NC(=O)[C@@H](CC(C)C)n2cc(CCN(C)C)c(C(F)(F)F)cc2=O)c1F. The molecule has 258 valence electrons. The van der Waals surface area contributed by atoms with Gasteiger partial charge in [-0.25, -0.2) is 8.78 Å². The number of likely N-dealkylation sites (N-methyl/N-ethyl adjacent to an activating group) is 1. The zero-order valence-corrected chi connectivity index (χ0v) is 28.0. The molecule has 1 aromatic heterocycles. The molecule has 0 saturated carbocycles. The number of aliphatic carboxylic acids is 1. The van der Waals surface area contributed by atoms with Crippen LogP contribution in [-0.2, 0) is 22.2 Å². The lowest BCUT2D eigenvalue weighted by atomic mass is 9.89. The van der Waals surface area contributed by atoms with E-state index in [2.05, 4.69) is 17.2 Å². The number of carbonyl (C=O) groups excluding carboxylic acids is 1. The lowest BCUT2D eigenvalue weighted by Crippen LogP contribution is -2.41. The minimum Gasteiger partial charge on any atom is -0.481 e. The number of hydrogen-bond acceptors (Lipinski definition) is 4. The van der Waals surface area contributed by atoms with E-state index < -0.39 is 64.9 Å². The molecular formula is C36H40F5N3O4. The Labute approximate surface area is 276 Å². The summed E-state index contributed by atoms with van der Waals surface area (Å²) in [5, 5.41) is 12.2. The van der Waals surface area contributed by atoms with E-state index in [0.29, 0.717) is 22.8 Å². The van der Waals surface area contributed by atoms with Gasteiger partial charge in [-0.1, -0.05) is 38.0 Å². The van der Waals surface area contributed by atoms with E-state index in [4.69, 9.17) is 0 Å². The molecule has 7 nitrogen and oxygen atoms in total. The summed E-state index contributed by atoms with van der Waals surface area (Å²) in [6, 6.07) is 3.69. The number of carboxylic acids is 1. The van der Waals surface area contributed by atoms with Gasteiger partial charge in [0, 0.05) is 29.9 Å². The van der Waals surface area contributed by atoms with Crippen molar-refractivity contribution in [2.45, 2.75) is 72.1 Å². The average Bonchev–Trinajstić information content (AvgIpc) is 2.96. The second kappa shape index (κ2) is 15.6. The molecule has 0 spiro atoms. The number of pyridine rings is 1. The Balaban J connectivity index is 2.25. The van der Waals surface area contributed by atoms with Gasteiger partial charge in [-0.15, -0.1) is 5.92 Å². The van der Waals surface area contributed by atoms with E-state index in [1.54, 1.807) is 64.9 Å². The molecule has 2 atom stereocenters. The predicted octanol–water partition coefficient (Wildman–Crippen LogP) is 6.82. The van der Waals surface area contributed by atoms with Gasteiger partial charge in [-0.05, 0) is 81.9 Å². The van der Waals surface area contributed by atoms with Crippen LogP contribution in [0.2, 0.25) is 0 Å². The van der Waals surface area contributed by atoms with E-state index in [1.165, 1.54) is 13.0 Å². The van der Waals surface area contributed by atoms with Crippen LogP contribution in [0.15, 0.2) is 41.3 Å². The standard InChI is InChI=1S/C36H40F5N3O4/c1-8-10-23-16-25(31-21(4)11-9-12-22(31)5)34(38)32(33(23)37)27(18-30(46)47)42-35(48)28(15-20(2)3)44-19-24(13-14-43(6)7)26(17-29(44)45)36(39,40)41/h9,11-12,16-17,19-20,27-28H,13-15,18H2,1-7H3,(H,42,48)(H,46,47)/t27?,28-/m1/s1. The molecule has 0 aliphatic carbocycles. The van der Waals surface area contributed by atoms with E-state index in [0.717, 1.165) is 10.8 Å². The first kappa shape index (κ1) is 38.0. The summed E-state index contributed by atoms with van der Waals surface area (Å²) < 4.78 is 75.2. The van der Waals surface area contributed by atoms with E-state index >= 15 is 8.78 Å². The molecule has 2 N–H and O–H groups in total. The van der Waals surface area contributed by atoms with Crippen LogP contribution in [0, 0.1) is 43.2 Å². The highest BCUT2D eigenvalue weighted by atomic mass is 19.4. The van der Waals surface area contributed by atoms with Crippen LogP contribution in [-0.4, -0.2) is 47.1 Å². The van der Waals surface area contributed by atoms with Crippen molar-refractivity contribution in [1.29, 1.82) is 0 Å². The zero-order valence-electron chi connectivity index (χ0n) is 28.0. The van der Waals surface area contributed by atoms with Gasteiger partial charge in [0.15, 0.2) is 0 Å². The topological polar surface area (TPSA) is 91.6 Å². The number of nitrogens with zero attached hydrogens (tertiary/aromatic N) is 2. The summed E-state index contributed by atoms with van der Waals surface area (Å²) in [4.78, 5) is 40.9. The van der Waals surface area contributed by atoms with E-state index in [-0.39, 0.29) is 42.0 Å². The Bertz CT molecular complexity index is 1780. The molecular weight excluding hydrogens is 633 g/mol. The van der Waals surface area contributed by atoms with Crippen molar-refractivity contribution in [3.8, 4) is 23.0 Å². The Morgan fingerprint density at radius 2 is 1.69 bits per heavy atom. The molecule has 0 saturated heterocycles. The number of halogens is 5. The summed E-state index contributed by atoms with van der Waals surface area (Å²) in [5.41, 5.74) is -1.72. The number of aromatic nitrogens is 1. The number of carboxylic acid groups (broad SMARTS) is 1. The Kier molecular flexibility index (Phi) is 12.3. The number of hydrogen-bond donors (Lipinski definition) is 2. The van der Waals surface area contributed by atoms with Gasteiger partial charge in [-0.3, -0.25) is 14.4 Å². The van der Waals surface area contributed by atoms with Crippen molar-refractivity contribution in [3.63, 3.8) is 0 Å². The fourth-order valence-corrected chi connectivity index (χ4v) is 5.71. The number of amides is 1. The van der Waals surface area contributed by atoms with Crippen LogP contribution in [0.5, 0.6) is 0 Å². The maximum atomic E-state index is 16.5. The average molecular weight is 674 g/mol. The van der Waals surface area contributed by atoms with Crippen LogP contribution >= 0.6 is 0 Å². The molecule has 0 bridgehead atoms. The molecule has 3 rings (SSSR count). The summed E-state index contributed by atoms with van der Waals surface area (Å²) in [7, 11) is 3.35. The molecule has 1 amide bonds.